The van der Waals surface area contributed by atoms with E-state index in [9.17, 15) is 4.79 Å². The molecular weight excluding hydrogens is 196 g/mol. The maximum atomic E-state index is 11.5. The Bertz CT molecular complexity index is 441. The normalized spacial score (nSPS) is 12.9. The Morgan fingerprint density at radius 3 is 3.20 bits per heavy atom. The largest absolute Gasteiger partial charge is 0.463 e. The number of hydrogen-bond donors (Lipinski definition) is 2. The second-order valence-corrected chi connectivity index (χ2v) is 3.46. The average molecular weight is 208 g/mol. The first-order chi connectivity index (χ1) is 7.16. The first kappa shape index (κ1) is 9.79. The SMILES string of the molecule is CC(N)COC(=O)c1cc2occc2[nH]1. The Hall–Kier alpha value is -1.75. The predicted molar refractivity (Wildman–Crippen MR) is 54.5 cm³/mol. The summed E-state index contributed by atoms with van der Waals surface area (Å²) >= 11 is 0. The minimum Gasteiger partial charge on any atom is -0.463 e. The van der Waals surface area contributed by atoms with Crippen molar-refractivity contribution in [3.63, 3.8) is 0 Å². The van der Waals surface area contributed by atoms with Crippen LogP contribution in [0.15, 0.2) is 22.8 Å². The van der Waals surface area contributed by atoms with Crippen LogP contribution >= 0.6 is 0 Å². The number of furan rings is 1. The quantitative estimate of drug-likeness (QED) is 0.744. The minimum atomic E-state index is -0.418. The molecule has 0 aliphatic rings. The van der Waals surface area contributed by atoms with Crippen LogP contribution < -0.4 is 5.73 Å². The Morgan fingerprint density at radius 2 is 2.53 bits per heavy atom. The van der Waals surface area contributed by atoms with E-state index in [0.29, 0.717) is 11.3 Å². The number of carbonyl (C=O) groups is 1. The summed E-state index contributed by atoms with van der Waals surface area (Å²) in [6.45, 7) is 1.98. The highest BCUT2D eigenvalue weighted by atomic mass is 16.5. The van der Waals surface area contributed by atoms with Gasteiger partial charge in [0.1, 0.15) is 12.3 Å². The van der Waals surface area contributed by atoms with Gasteiger partial charge >= 0.3 is 5.97 Å². The van der Waals surface area contributed by atoms with Crippen LogP contribution in [0.5, 0.6) is 0 Å². The molecule has 1 unspecified atom stereocenters. The second-order valence-electron chi connectivity index (χ2n) is 3.46. The van der Waals surface area contributed by atoms with Gasteiger partial charge in [-0.2, -0.15) is 0 Å². The van der Waals surface area contributed by atoms with Gasteiger partial charge in [-0.3, -0.25) is 0 Å². The van der Waals surface area contributed by atoms with Crippen molar-refractivity contribution < 1.29 is 13.9 Å². The summed E-state index contributed by atoms with van der Waals surface area (Å²) in [7, 11) is 0. The fourth-order valence-corrected chi connectivity index (χ4v) is 1.24. The molecule has 0 amide bonds. The molecule has 0 fully saturated rings. The number of nitrogens with two attached hydrogens (primary N) is 1. The fraction of sp³-hybridized carbons (Fsp3) is 0.300. The number of rotatable bonds is 3. The Kier molecular flexibility index (Phi) is 2.47. The lowest BCUT2D eigenvalue weighted by molar-refractivity contribution is 0.0481. The Morgan fingerprint density at radius 1 is 1.73 bits per heavy atom. The number of aromatic amines is 1. The Balaban J connectivity index is 2.10. The molecule has 1 atom stereocenters. The first-order valence-electron chi connectivity index (χ1n) is 4.66. The smallest absolute Gasteiger partial charge is 0.354 e. The predicted octanol–water partition coefficient (Wildman–Crippen LogP) is 1.26. The van der Waals surface area contributed by atoms with Crippen LogP contribution in [0, 0.1) is 0 Å². The molecule has 0 saturated heterocycles. The minimum absolute atomic E-state index is 0.160. The van der Waals surface area contributed by atoms with Crippen molar-refractivity contribution in [2.24, 2.45) is 5.73 Å². The van der Waals surface area contributed by atoms with E-state index in [0.717, 1.165) is 5.52 Å². The van der Waals surface area contributed by atoms with E-state index in [4.69, 9.17) is 14.9 Å². The van der Waals surface area contributed by atoms with E-state index in [-0.39, 0.29) is 12.6 Å². The second kappa shape index (κ2) is 3.78. The molecular formula is C10H12N2O3. The van der Waals surface area contributed by atoms with Crippen molar-refractivity contribution in [2.75, 3.05) is 6.61 Å². The van der Waals surface area contributed by atoms with Gasteiger partial charge in [0, 0.05) is 18.2 Å². The van der Waals surface area contributed by atoms with Crippen LogP contribution in [0.4, 0.5) is 0 Å². The van der Waals surface area contributed by atoms with Gasteiger partial charge in [-0.25, -0.2) is 4.79 Å². The highest BCUT2D eigenvalue weighted by molar-refractivity contribution is 5.93. The topological polar surface area (TPSA) is 81.2 Å². The molecule has 2 heterocycles. The molecule has 2 aromatic rings. The van der Waals surface area contributed by atoms with E-state index in [1.165, 1.54) is 0 Å². The first-order valence-corrected chi connectivity index (χ1v) is 4.66. The van der Waals surface area contributed by atoms with E-state index >= 15 is 0 Å². The van der Waals surface area contributed by atoms with Crippen LogP contribution in [-0.2, 0) is 4.74 Å². The summed E-state index contributed by atoms with van der Waals surface area (Å²) in [4.78, 5) is 14.4. The van der Waals surface area contributed by atoms with Gasteiger partial charge in [0.05, 0.1) is 11.8 Å². The third kappa shape index (κ3) is 2.02. The lowest BCUT2D eigenvalue weighted by atomic mass is 10.4. The summed E-state index contributed by atoms with van der Waals surface area (Å²) in [5.74, 6) is -0.418. The maximum absolute atomic E-state index is 11.5. The third-order valence-corrected chi connectivity index (χ3v) is 1.94. The third-order valence-electron chi connectivity index (χ3n) is 1.94. The van der Waals surface area contributed by atoms with Gasteiger partial charge in [0.2, 0.25) is 0 Å². The van der Waals surface area contributed by atoms with Crippen LogP contribution in [0.2, 0.25) is 0 Å². The van der Waals surface area contributed by atoms with Gasteiger partial charge in [-0.15, -0.1) is 0 Å². The number of aromatic nitrogens is 1. The summed E-state index contributed by atoms with van der Waals surface area (Å²) in [6.07, 6.45) is 1.55. The van der Waals surface area contributed by atoms with Crippen LogP contribution in [-0.4, -0.2) is 23.6 Å². The number of hydrogen-bond acceptors (Lipinski definition) is 4. The highest BCUT2D eigenvalue weighted by Gasteiger charge is 2.12. The standard InChI is InChI=1S/C10H12N2O3/c1-6(11)5-15-10(13)8-4-9-7(12-8)2-3-14-9/h2-4,6,12H,5,11H2,1H3. The lowest BCUT2D eigenvalue weighted by Gasteiger charge is -2.05. The van der Waals surface area contributed by atoms with Crippen molar-refractivity contribution in [3.05, 3.63) is 24.1 Å². The summed E-state index contributed by atoms with van der Waals surface area (Å²) in [5.41, 5.74) is 7.27. The average Bonchev–Trinajstić information content (AvgIpc) is 2.72. The molecule has 5 heteroatoms. The van der Waals surface area contributed by atoms with Gasteiger partial charge in [0.25, 0.3) is 0 Å². The van der Waals surface area contributed by atoms with E-state index < -0.39 is 5.97 Å². The summed E-state index contributed by atoms with van der Waals surface area (Å²) < 4.78 is 10.1. The van der Waals surface area contributed by atoms with Crippen LogP contribution in [0.25, 0.3) is 11.1 Å². The molecule has 15 heavy (non-hydrogen) atoms. The van der Waals surface area contributed by atoms with E-state index in [1.807, 2.05) is 0 Å². The zero-order valence-electron chi connectivity index (χ0n) is 8.32. The molecule has 0 aliphatic carbocycles. The molecule has 80 valence electrons. The summed E-state index contributed by atoms with van der Waals surface area (Å²) in [6, 6.07) is 3.20. The van der Waals surface area contributed by atoms with Crippen molar-refractivity contribution >= 4 is 17.1 Å². The zero-order chi connectivity index (χ0) is 10.8. The molecule has 0 saturated carbocycles. The fourth-order valence-electron chi connectivity index (χ4n) is 1.24. The van der Waals surface area contributed by atoms with Crippen molar-refractivity contribution in [2.45, 2.75) is 13.0 Å². The van der Waals surface area contributed by atoms with Gasteiger partial charge < -0.3 is 19.9 Å². The molecule has 5 nitrogen and oxygen atoms in total. The zero-order valence-corrected chi connectivity index (χ0v) is 8.32. The van der Waals surface area contributed by atoms with Crippen molar-refractivity contribution in [3.8, 4) is 0 Å². The van der Waals surface area contributed by atoms with E-state index in [1.54, 1.807) is 25.3 Å². The molecule has 0 aromatic carbocycles. The molecule has 2 aromatic heterocycles. The van der Waals surface area contributed by atoms with Crippen LogP contribution in [0.1, 0.15) is 17.4 Å². The molecule has 2 rings (SSSR count). The maximum Gasteiger partial charge on any atom is 0.354 e. The van der Waals surface area contributed by atoms with E-state index in [2.05, 4.69) is 4.98 Å². The number of fused-ring (bicyclic) bond motifs is 1. The van der Waals surface area contributed by atoms with Crippen molar-refractivity contribution in [1.82, 2.24) is 4.98 Å². The monoisotopic (exact) mass is 208 g/mol. The molecule has 3 N–H and O–H groups in total. The van der Waals surface area contributed by atoms with Gasteiger partial charge in [-0.1, -0.05) is 0 Å². The molecule has 0 aliphatic heterocycles. The molecule has 0 spiro atoms. The number of esters is 1. The number of ether oxygens (including phenoxy) is 1. The van der Waals surface area contributed by atoms with Crippen molar-refractivity contribution in [1.29, 1.82) is 0 Å². The van der Waals surface area contributed by atoms with Gasteiger partial charge in [-0.05, 0) is 6.92 Å². The number of H-pyrrole nitrogens is 1. The lowest BCUT2D eigenvalue weighted by Crippen LogP contribution is -2.24. The Labute approximate surface area is 86.2 Å². The molecule has 0 radical (unpaired) electrons. The van der Waals surface area contributed by atoms with Crippen LogP contribution in [0.3, 0.4) is 0 Å². The number of carbonyl (C=O) groups excluding carboxylic acids is 1. The van der Waals surface area contributed by atoms with Gasteiger partial charge in [0.15, 0.2) is 5.58 Å². The number of nitrogens with one attached hydrogen (secondary N) is 1. The summed E-state index contributed by atoms with van der Waals surface area (Å²) in [5, 5.41) is 0. The highest BCUT2D eigenvalue weighted by Crippen LogP contribution is 2.16. The molecule has 0 bridgehead atoms.